The minimum absolute atomic E-state index is 0. The number of carbonyl (C=O) groups excluding carboxylic acids is 1. The van der Waals surface area contributed by atoms with E-state index in [0.717, 1.165) is 5.56 Å². The van der Waals surface area contributed by atoms with Crippen molar-refractivity contribution in [2.24, 2.45) is 5.92 Å². The molecule has 0 unspecified atom stereocenters. The van der Waals surface area contributed by atoms with Gasteiger partial charge in [0.2, 0.25) is 11.9 Å². The van der Waals surface area contributed by atoms with Crippen molar-refractivity contribution in [1.29, 1.82) is 0 Å². The van der Waals surface area contributed by atoms with Crippen LogP contribution in [0.5, 0.6) is 0 Å². The summed E-state index contributed by atoms with van der Waals surface area (Å²) in [4.78, 5) is 23.1. The Labute approximate surface area is 169 Å². The molecule has 0 saturated heterocycles. The molecule has 2 aromatic heterocycles. The third-order valence-electron chi connectivity index (χ3n) is 4.43. The fraction of sp³-hybridized carbons (Fsp3) is 0.529. The Kier molecular flexibility index (Phi) is 6.81. The van der Waals surface area contributed by atoms with Crippen LogP contribution in [0.15, 0.2) is 12.4 Å². The summed E-state index contributed by atoms with van der Waals surface area (Å²) < 4.78 is 26.0. The first kappa shape index (κ1) is 21.9. The highest BCUT2D eigenvalue weighted by molar-refractivity contribution is 7.59. The van der Waals surface area contributed by atoms with E-state index in [1.807, 2.05) is 25.8 Å². The van der Waals surface area contributed by atoms with Crippen LogP contribution in [0.4, 0.5) is 26.2 Å². The van der Waals surface area contributed by atoms with E-state index in [1.54, 1.807) is 13.1 Å². The zero-order valence-corrected chi connectivity index (χ0v) is 17.2. The smallest absolute Gasteiger partial charge is 0.257 e. The van der Waals surface area contributed by atoms with Gasteiger partial charge in [-0.05, 0) is 12.8 Å². The third kappa shape index (κ3) is 4.51. The molecule has 8 nitrogen and oxygen atoms in total. The highest BCUT2D eigenvalue weighted by Crippen LogP contribution is 2.34. The summed E-state index contributed by atoms with van der Waals surface area (Å²) in [5.41, 5.74) is 2.00. The summed E-state index contributed by atoms with van der Waals surface area (Å²) in [5.74, 6) is 1.10. The van der Waals surface area contributed by atoms with Gasteiger partial charge in [-0.2, -0.15) is 23.6 Å². The van der Waals surface area contributed by atoms with E-state index < -0.39 is 13.0 Å². The highest BCUT2D eigenvalue weighted by atomic mass is 32.1. The lowest BCUT2D eigenvalue weighted by molar-refractivity contribution is -0.118. The third-order valence-corrected chi connectivity index (χ3v) is 4.43. The lowest BCUT2D eigenvalue weighted by Crippen LogP contribution is -2.49. The Morgan fingerprint density at radius 1 is 1.32 bits per heavy atom. The number of hydrogen-bond acceptors (Lipinski definition) is 6. The van der Waals surface area contributed by atoms with Crippen molar-refractivity contribution in [2.75, 3.05) is 22.6 Å². The van der Waals surface area contributed by atoms with E-state index in [4.69, 9.17) is 0 Å². The molecule has 0 aliphatic carbocycles. The molecule has 1 amide bonds. The van der Waals surface area contributed by atoms with Gasteiger partial charge in [-0.1, -0.05) is 13.8 Å². The second kappa shape index (κ2) is 8.72. The molecule has 11 heteroatoms. The lowest BCUT2D eigenvalue weighted by atomic mass is 9.99. The molecule has 1 atom stereocenters. The fourth-order valence-corrected chi connectivity index (χ4v) is 3.21. The first-order valence-corrected chi connectivity index (χ1v) is 8.72. The number of aromatic nitrogens is 4. The van der Waals surface area contributed by atoms with Gasteiger partial charge >= 0.3 is 0 Å². The number of anilines is 3. The van der Waals surface area contributed by atoms with Crippen molar-refractivity contribution < 1.29 is 13.6 Å². The summed E-state index contributed by atoms with van der Waals surface area (Å²) in [6.07, 6.45) is 0.643. The molecule has 3 heterocycles. The maximum absolute atomic E-state index is 12.4. The van der Waals surface area contributed by atoms with Crippen LogP contribution in [-0.2, 0) is 17.9 Å². The maximum Gasteiger partial charge on any atom is 0.257 e. The van der Waals surface area contributed by atoms with Gasteiger partial charge < -0.3 is 15.5 Å². The average Bonchev–Trinajstić information content (AvgIpc) is 3.00. The summed E-state index contributed by atoms with van der Waals surface area (Å²) in [5, 5.41) is 9.89. The molecule has 0 aromatic carbocycles. The monoisotopic (exact) mass is 413 g/mol. The standard InChI is InChI=1S/C17H23F2N7O.H2S/c1-9(2)14-16(27)23-13-10(3)22-17(24-15(13)25(14)4)20-5-11-6-21-26(7-11)8-12(18)19;/h6-7,9,12,14H,5,8H2,1-4H3,(H,23,27)(H,20,22,24);1H2/t14-;/m0./s1. The van der Waals surface area contributed by atoms with E-state index >= 15 is 0 Å². The molecule has 0 spiro atoms. The summed E-state index contributed by atoms with van der Waals surface area (Å²) in [7, 11) is 1.84. The Morgan fingerprint density at radius 2 is 2.04 bits per heavy atom. The van der Waals surface area contributed by atoms with Crippen molar-refractivity contribution in [1.82, 2.24) is 19.7 Å². The van der Waals surface area contributed by atoms with Gasteiger partial charge in [0, 0.05) is 25.4 Å². The molecule has 154 valence electrons. The topological polar surface area (TPSA) is 88.0 Å². The highest BCUT2D eigenvalue weighted by Gasteiger charge is 2.35. The van der Waals surface area contributed by atoms with Gasteiger partial charge in [0.25, 0.3) is 6.43 Å². The largest absolute Gasteiger partial charge is 0.350 e. The number of fused-ring (bicyclic) bond motifs is 1. The minimum Gasteiger partial charge on any atom is -0.350 e. The summed E-state index contributed by atoms with van der Waals surface area (Å²) in [6, 6.07) is -0.313. The molecular weight excluding hydrogens is 388 g/mol. The van der Waals surface area contributed by atoms with E-state index in [-0.39, 0.29) is 31.4 Å². The van der Waals surface area contributed by atoms with Crippen LogP contribution in [0.25, 0.3) is 0 Å². The second-order valence-electron chi connectivity index (χ2n) is 6.94. The van der Waals surface area contributed by atoms with Crippen LogP contribution in [0.3, 0.4) is 0 Å². The van der Waals surface area contributed by atoms with Crippen molar-refractivity contribution in [3.05, 3.63) is 23.7 Å². The number of halogens is 2. The van der Waals surface area contributed by atoms with Crippen molar-refractivity contribution in [3.63, 3.8) is 0 Å². The number of likely N-dealkylation sites (N-methyl/N-ethyl adjacent to an activating group) is 1. The molecule has 0 saturated carbocycles. The molecule has 28 heavy (non-hydrogen) atoms. The van der Waals surface area contributed by atoms with Crippen molar-refractivity contribution in [2.45, 2.75) is 46.3 Å². The van der Waals surface area contributed by atoms with E-state index in [0.29, 0.717) is 29.7 Å². The number of nitrogens with one attached hydrogen (secondary N) is 2. The van der Waals surface area contributed by atoms with Gasteiger partial charge in [-0.3, -0.25) is 9.48 Å². The Hall–Kier alpha value is -2.43. The van der Waals surface area contributed by atoms with Gasteiger partial charge in [-0.25, -0.2) is 13.8 Å². The molecule has 1 aliphatic heterocycles. The number of hydrogen-bond donors (Lipinski definition) is 2. The Morgan fingerprint density at radius 3 is 2.68 bits per heavy atom. The number of amides is 1. The van der Waals surface area contributed by atoms with Crippen LogP contribution in [0.2, 0.25) is 0 Å². The number of carbonyl (C=O) groups is 1. The van der Waals surface area contributed by atoms with Gasteiger partial charge in [-0.15, -0.1) is 0 Å². The lowest BCUT2D eigenvalue weighted by Gasteiger charge is -2.36. The summed E-state index contributed by atoms with van der Waals surface area (Å²) >= 11 is 0. The van der Waals surface area contributed by atoms with Crippen LogP contribution < -0.4 is 15.5 Å². The molecule has 2 aromatic rings. The zero-order valence-electron chi connectivity index (χ0n) is 16.2. The van der Waals surface area contributed by atoms with E-state index in [2.05, 4.69) is 25.7 Å². The number of aryl methyl sites for hydroxylation is 1. The van der Waals surface area contributed by atoms with Crippen LogP contribution in [0, 0.1) is 12.8 Å². The van der Waals surface area contributed by atoms with Gasteiger partial charge in [0.1, 0.15) is 18.3 Å². The van der Waals surface area contributed by atoms with E-state index in [9.17, 15) is 13.6 Å². The zero-order chi connectivity index (χ0) is 19.7. The maximum atomic E-state index is 12.4. The van der Waals surface area contributed by atoms with Crippen LogP contribution in [0.1, 0.15) is 25.1 Å². The molecule has 0 fully saturated rings. The molecule has 3 rings (SSSR count). The predicted octanol–water partition coefficient (Wildman–Crippen LogP) is 2.38. The molecule has 1 aliphatic rings. The SMILES string of the molecule is Cc1nc(NCc2cnn(CC(F)F)c2)nc2c1NC(=O)[C@H](C(C)C)N2C.S. The molecule has 0 bridgehead atoms. The predicted molar refractivity (Wildman–Crippen MR) is 108 cm³/mol. The Bertz CT molecular complexity index is 843. The minimum atomic E-state index is -2.45. The van der Waals surface area contributed by atoms with Gasteiger partial charge in [0.15, 0.2) is 5.82 Å². The quantitative estimate of drug-likeness (QED) is 0.756. The number of nitrogens with zero attached hydrogens (tertiary/aromatic N) is 5. The Balaban J connectivity index is 0.00000280. The van der Waals surface area contributed by atoms with Crippen molar-refractivity contribution in [3.8, 4) is 0 Å². The van der Waals surface area contributed by atoms with Crippen LogP contribution in [-0.4, -0.2) is 45.2 Å². The fourth-order valence-electron chi connectivity index (χ4n) is 3.21. The molecule has 0 radical (unpaired) electrons. The van der Waals surface area contributed by atoms with Crippen LogP contribution >= 0.6 is 13.5 Å². The number of alkyl halides is 2. The van der Waals surface area contributed by atoms with Gasteiger partial charge in [0.05, 0.1) is 11.9 Å². The number of rotatable bonds is 6. The van der Waals surface area contributed by atoms with Crippen molar-refractivity contribution >= 4 is 36.9 Å². The first-order chi connectivity index (χ1) is 12.8. The average molecular weight is 413 g/mol. The first-order valence-electron chi connectivity index (χ1n) is 8.72. The summed E-state index contributed by atoms with van der Waals surface area (Å²) in [6.45, 7) is 5.68. The normalized spacial score (nSPS) is 16.1. The molecule has 2 N–H and O–H groups in total. The second-order valence-corrected chi connectivity index (χ2v) is 6.94. The van der Waals surface area contributed by atoms with E-state index in [1.165, 1.54) is 10.9 Å². The molecular formula is C17H25F2N7OS.